The molecule has 1 aliphatic carbocycles. The zero-order chi connectivity index (χ0) is 25.4. The number of benzene rings is 1. The molecule has 1 saturated carbocycles. The van der Waals surface area contributed by atoms with Crippen LogP contribution >= 0.6 is 23.6 Å². The first-order valence-corrected chi connectivity index (χ1v) is 11.9. The molecule has 4 rings (SSSR count). The number of aromatic nitrogens is 1. The number of rotatable bonds is 4. The van der Waals surface area contributed by atoms with E-state index in [1.807, 2.05) is 0 Å². The number of alkyl halides is 6. The lowest BCUT2D eigenvalue weighted by molar-refractivity contribution is -0.141. The van der Waals surface area contributed by atoms with E-state index < -0.39 is 40.4 Å². The standard InChI is InChI=1S/C23H19F6N3OS2/c24-22(25,26)14-9-10-35-20(14)21(33)32-16-7-5-12(6-8-18(16)34)30-17-11-19(23(27,28)29)31-15-4-2-1-3-13(15)17/h1-4,9-12,16H,5-8H2,(H,30,31)(H,32,33)/t12-,16+/m1/s1. The van der Waals surface area contributed by atoms with Crippen LogP contribution in [0.3, 0.4) is 0 Å². The van der Waals surface area contributed by atoms with Crippen molar-refractivity contribution in [2.24, 2.45) is 0 Å². The van der Waals surface area contributed by atoms with Crippen molar-refractivity contribution in [3.05, 3.63) is 57.9 Å². The van der Waals surface area contributed by atoms with E-state index in [2.05, 4.69) is 15.6 Å². The fraction of sp³-hybridized carbons (Fsp3) is 0.348. The van der Waals surface area contributed by atoms with Gasteiger partial charge < -0.3 is 10.6 Å². The molecule has 12 heteroatoms. The van der Waals surface area contributed by atoms with Gasteiger partial charge in [-0.05, 0) is 49.3 Å². The zero-order valence-electron chi connectivity index (χ0n) is 18.0. The molecule has 1 aliphatic rings. The molecule has 0 saturated heterocycles. The van der Waals surface area contributed by atoms with Gasteiger partial charge in [-0.1, -0.05) is 30.4 Å². The van der Waals surface area contributed by atoms with E-state index in [0.29, 0.717) is 47.3 Å². The summed E-state index contributed by atoms with van der Waals surface area (Å²) in [6.07, 6.45) is -7.60. The molecule has 3 aromatic rings. The predicted octanol–water partition coefficient (Wildman–Crippen LogP) is 6.86. The van der Waals surface area contributed by atoms with Gasteiger partial charge in [0.25, 0.3) is 5.91 Å². The highest BCUT2D eigenvalue weighted by Gasteiger charge is 2.37. The molecule has 2 atom stereocenters. The first-order valence-electron chi connectivity index (χ1n) is 10.7. The molecule has 0 spiro atoms. The Morgan fingerprint density at radius 1 is 1.03 bits per heavy atom. The van der Waals surface area contributed by atoms with Crippen LogP contribution in [0.25, 0.3) is 10.9 Å². The molecule has 1 aromatic carbocycles. The Balaban J connectivity index is 1.49. The summed E-state index contributed by atoms with van der Waals surface area (Å²) >= 11 is 6.11. The Morgan fingerprint density at radius 3 is 2.49 bits per heavy atom. The summed E-state index contributed by atoms with van der Waals surface area (Å²) in [6.45, 7) is 0. The largest absolute Gasteiger partial charge is 0.433 e. The van der Waals surface area contributed by atoms with Crippen LogP contribution in [0.4, 0.5) is 32.0 Å². The van der Waals surface area contributed by atoms with Gasteiger partial charge in [-0.2, -0.15) is 26.3 Å². The maximum Gasteiger partial charge on any atom is 0.433 e. The van der Waals surface area contributed by atoms with Crippen molar-refractivity contribution in [3.8, 4) is 0 Å². The average Bonchev–Trinajstić information content (AvgIpc) is 3.23. The van der Waals surface area contributed by atoms with Crippen LogP contribution < -0.4 is 10.6 Å². The Morgan fingerprint density at radius 2 is 1.77 bits per heavy atom. The quantitative estimate of drug-likeness (QED) is 0.220. The number of fused-ring (bicyclic) bond motifs is 1. The minimum atomic E-state index is -4.64. The maximum absolute atomic E-state index is 13.4. The normalized spacial score (nSPS) is 19.4. The number of para-hydroxylation sites is 1. The number of halogens is 6. The Labute approximate surface area is 205 Å². The van der Waals surface area contributed by atoms with Gasteiger partial charge in [0.15, 0.2) is 0 Å². The third-order valence-corrected chi connectivity index (χ3v) is 7.18. The fourth-order valence-electron chi connectivity index (χ4n) is 4.05. The predicted molar refractivity (Wildman–Crippen MR) is 126 cm³/mol. The van der Waals surface area contributed by atoms with Gasteiger partial charge >= 0.3 is 12.4 Å². The Kier molecular flexibility index (Phi) is 7.05. The SMILES string of the molecule is O=C(N[C@H]1CC[C@@H](Nc2cc(C(F)(F)F)nc3ccccc23)CCC1=S)c1sccc1C(F)(F)F. The number of thiocarbonyl (C=S) groups is 1. The van der Waals surface area contributed by atoms with Gasteiger partial charge in [-0.15, -0.1) is 11.3 Å². The number of carbonyl (C=O) groups excluding carboxylic acids is 1. The smallest absolute Gasteiger partial charge is 0.382 e. The minimum absolute atomic E-state index is 0.204. The van der Waals surface area contributed by atoms with Crippen molar-refractivity contribution in [1.29, 1.82) is 0 Å². The lowest BCUT2D eigenvalue weighted by atomic mass is 10.1. The first kappa shape index (κ1) is 25.4. The second kappa shape index (κ2) is 9.73. The van der Waals surface area contributed by atoms with Crippen LogP contribution in [0.5, 0.6) is 0 Å². The van der Waals surface area contributed by atoms with Crippen molar-refractivity contribution in [2.75, 3.05) is 5.32 Å². The highest BCUT2D eigenvalue weighted by molar-refractivity contribution is 7.80. The number of nitrogens with zero attached hydrogens (tertiary/aromatic N) is 1. The first-order chi connectivity index (χ1) is 16.4. The second-order valence-electron chi connectivity index (χ2n) is 8.18. The number of hydrogen-bond donors (Lipinski definition) is 2. The van der Waals surface area contributed by atoms with Gasteiger partial charge in [-0.25, -0.2) is 4.98 Å². The Bertz CT molecular complexity index is 1250. The Hall–Kier alpha value is -2.73. The van der Waals surface area contributed by atoms with Gasteiger partial charge in [0.05, 0.1) is 17.1 Å². The zero-order valence-corrected chi connectivity index (χ0v) is 19.6. The van der Waals surface area contributed by atoms with Crippen molar-refractivity contribution in [2.45, 2.75) is 50.1 Å². The molecule has 1 fully saturated rings. The summed E-state index contributed by atoms with van der Waals surface area (Å²) in [4.78, 5) is 16.3. The molecule has 2 aromatic heterocycles. The van der Waals surface area contributed by atoms with E-state index in [4.69, 9.17) is 12.2 Å². The minimum Gasteiger partial charge on any atom is -0.382 e. The van der Waals surface area contributed by atoms with Crippen LogP contribution in [-0.2, 0) is 12.4 Å². The number of pyridine rings is 1. The monoisotopic (exact) mass is 531 g/mol. The molecule has 1 amide bonds. The van der Waals surface area contributed by atoms with Crippen molar-refractivity contribution >= 4 is 50.9 Å². The molecule has 186 valence electrons. The molecule has 0 radical (unpaired) electrons. The molecule has 2 N–H and O–H groups in total. The molecule has 0 bridgehead atoms. The number of carbonyl (C=O) groups is 1. The van der Waals surface area contributed by atoms with E-state index in [-0.39, 0.29) is 17.2 Å². The van der Waals surface area contributed by atoms with E-state index in [9.17, 15) is 31.1 Å². The van der Waals surface area contributed by atoms with Crippen LogP contribution in [0, 0.1) is 0 Å². The molecule has 0 unspecified atom stereocenters. The summed E-state index contributed by atoms with van der Waals surface area (Å²) in [5, 5.41) is 7.52. The molecule has 4 nitrogen and oxygen atoms in total. The van der Waals surface area contributed by atoms with Gasteiger partial charge in [-0.3, -0.25) is 4.79 Å². The van der Waals surface area contributed by atoms with E-state index in [1.165, 1.54) is 11.4 Å². The van der Waals surface area contributed by atoms with Crippen LogP contribution in [0.2, 0.25) is 0 Å². The molecule has 0 aliphatic heterocycles. The van der Waals surface area contributed by atoms with E-state index >= 15 is 0 Å². The van der Waals surface area contributed by atoms with Crippen molar-refractivity contribution in [3.63, 3.8) is 0 Å². The van der Waals surface area contributed by atoms with E-state index in [0.717, 1.165) is 12.1 Å². The lowest BCUT2D eigenvalue weighted by Gasteiger charge is -2.21. The lowest BCUT2D eigenvalue weighted by Crippen LogP contribution is -2.39. The highest BCUT2D eigenvalue weighted by atomic mass is 32.1. The molecule has 2 heterocycles. The van der Waals surface area contributed by atoms with Crippen LogP contribution in [0.1, 0.15) is 46.6 Å². The van der Waals surface area contributed by atoms with E-state index in [1.54, 1.807) is 18.2 Å². The molecular formula is C23H19F6N3OS2. The van der Waals surface area contributed by atoms with Crippen LogP contribution in [0.15, 0.2) is 41.8 Å². The summed E-state index contributed by atoms with van der Waals surface area (Å²) in [5.41, 5.74) is -1.52. The molecule has 35 heavy (non-hydrogen) atoms. The van der Waals surface area contributed by atoms with Gasteiger partial charge in [0.1, 0.15) is 10.6 Å². The number of hydrogen-bond acceptors (Lipinski definition) is 5. The summed E-state index contributed by atoms with van der Waals surface area (Å²) in [5.74, 6) is -0.846. The fourth-order valence-corrected chi connectivity index (χ4v) is 5.16. The summed E-state index contributed by atoms with van der Waals surface area (Å²) < 4.78 is 79.5. The highest BCUT2D eigenvalue weighted by Crippen LogP contribution is 2.36. The van der Waals surface area contributed by atoms with Crippen LogP contribution in [-0.4, -0.2) is 27.8 Å². The topological polar surface area (TPSA) is 54.0 Å². The number of nitrogens with one attached hydrogen (secondary N) is 2. The second-order valence-corrected chi connectivity index (χ2v) is 9.62. The van der Waals surface area contributed by atoms with Crippen molar-refractivity contribution in [1.82, 2.24) is 10.3 Å². The summed E-state index contributed by atoms with van der Waals surface area (Å²) in [7, 11) is 0. The summed E-state index contributed by atoms with van der Waals surface area (Å²) in [6, 6.07) is 7.45. The third-order valence-electron chi connectivity index (χ3n) is 5.78. The number of amides is 1. The van der Waals surface area contributed by atoms with Gasteiger partial charge in [0, 0.05) is 22.0 Å². The average molecular weight is 532 g/mol. The number of anilines is 1. The van der Waals surface area contributed by atoms with Crippen molar-refractivity contribution < 1.29 is 31.1 Å². The third kappa shape index (κ3) is 5.75. The maximum atomic E-state index is 13.4. The molecular weight excluding hydrogens is 512 g/mol. The van der Waals surface area contributed by atoms with Gasteiger partial charge in [0.2, 0.25) is 0 Å². The number of thiophene rings is 1.